The number of nitrogens with one attached hydrogen (secondary N) is 2. The van der Waals surface area contributed by atoms with E-state index in [1.54, 1.807) is 0 Å². The molecule has 0 bridgehead atoms. The Morgan fingerprint density at radius 1 is 0.950 bits per heavy atom. The van der Waals surface area contributed by atoms with Crippen LogP contribution >= 0.6 is 0 Å². The van der Waals surface area contributed by atoms with Crippen molar-refractivity contribution in [3.05, 3.63) is 23.8 Å². The molecule has 1 aromatic carbocycles. The molecule has 0 aliphatic carbocycles. The maximum absolute atomic E-state index is 3.66. The molecular formula is C18H32N2. The third kappa shape index (κ3) is 4.73. The van der Waals surface area contributed by atoms with Gasteiger partial charge in [0.2, 0.25) is 0 Å². The molecule has 0 amide bonds. The van der Waals surface area contributed by atoms with Gasteiger partial charge < -0.3 is 10.6 Å². The Kier molecular flexibility index (Phi) is 5.91. The van der Waals surface area contributed by atoms with Crippen LogP contribution in [0.15, 0.2) is 18.2 Å². The number of hydrogen-bond acceptors (Lipinski definition) is 2. The first-order valence-electron chi connectivity index (χ1n) is 7.95. The first-order valence-corrected chi connectivity index (χ1v) is 7.95. The second kappa shape index (κ2) is 7.01. The summed E-state index contributed by atoms with van der Waals surface area (Å²) in [7, 11) is 0. The minimum atomic E-state index is 0.157. The summed E-state index contributed by atoms with van der Waals surface area (Å²) in [6.45, 7) is 15.7. The van der Waals surface area contributed by atoms with Crippen molar-refractivity contribution < 1.29 is 0 Å². The lowest BCUT2D eigenvalue weighted by atomic mass is 9.85. The molecule has 0 saturated heterocycles. The molecule has 114 valence electrons. The number of anilines is 2. The van der Waals surface area contributed by atoms with Gasteiger partial charge in [0, 0.05) is 23.5 Å². The molecule has 0 aromatic heterocycles. The lowest BCUT2D eigenvalue weighted by Crippen LogP contribution is -2.20. The first-order chi connectivity index (χ1) is 9.27. The number of benzene rings is 1. The summed E-state index contributed by atoms with van der Waals surface area (Å²) >= 11 is 0. The van der Waals surface area contributed by atoms with Crippen molar-refractivity contribution >= 4 is 11.4 Å². The molecule has 2 atom stereocenters. The highest BCUT2D eigenvalue weighted by atomic mass is 14.9. The van der Waals surface area contributed by atoms with E-state index in [2.05, 4.69) is 77.3 Å². The highest BCUT2D eigenvalue weighted by Crippen LogP contribution is 2.32. The van der Waals surface area contributed by atoms with Crippen LogP contribution in [0.25, 0.3) is 0 Å². The minimum Gasteiger partial charge on any atom is -0.383 e. The largest absolute Gasteiger partial charge is 0.383 e. The van der Waals surface area contributed by atoms with Crippen molar-refractivity contribution in [1.82, 2.24) is 0 Å². The summed E-state index contributed by atoms with van der Waals surface area (Å²) in [5.41, 5.74) is 4.01. The zero-order valence-corrected chi connectivity index (χ0v) is 14.3. The standard InChI is InChI=1S/C18H32N2/c1-8-13(3)19-15-10-11-16(18(5,6)7)17(12-15)20-14(4)9-2/h10-14,19-20H,8-9H2,1-7H3. The topological polar surface area (TPSA) is 24.1 Å². The van der Waals surface area contributed by atoms with E-state index in [9.17, 15) is 0 Å². The zero-order valence-electron chi connectivity index (χ0n) is 14.3. The third-order valence-electron chi connectivity index (χ3n) is 3.87. The Morgan fingerprint density at radius 3 is 2.00 bits per heavy atom. The average molecular weight is 276 g/mol. The van der Waals surface area contributed by atoms with E-state index in [4.69, 9.17) is 0 Å². The van der Waals surface area contributed by atoms with Crippen molar-refractivity contribution in [1.29, 1.82) is 0 Å². The summed E-state index contributed by atoms with van der Waals surface area (Å²) in [5.74, 6) is 0. The van der Waals surface area contributed by atoms with Crippen molar-refractivity contribution in [3.63, 3.8) is 0 Å². The third-order valence-corrected chi connectivity index (χ3v) is 3.87. The molecule has 1 aromatic rings. The van der Waals surface area contributed by atoms with Crippen LogP contribution in [-0.4, -0.2) is 12.1 Å². The van der Waals surface area contributed by atoms with E-state index in [0.717, 1.165) is 12.8 Å². The minimum absolute atomic E-state index is 0.157. The smallest absolute Gasteiger partial charge is 0.0400 e. The van der Waals surface area contributed by atoms with Gasteiger partial charge in [0.25, 0.3) is 0 Å². The maximum atomic E-state index is 3.66. The van der Waals surface area contributed by atoms with Gasteiger partial charge in [-0.1, -0.05) is 40.7 Å². The van der Waals surface area contributed by atoms with Crippen molar-refractivity contribution in [2.24, 2.45) is 0 Å². The molecule has 2 heteroatoms. The number of rotatable bonds is 6. The van der Waals surface area contributed by atoms with E-state index in [-0.39, 0.29) is 5.41 Å². The van der Waals surface area contributed by atoms with Crippen LogP contribution in [0, 0.1) is 0 Å². The lowest BCUT2D eigenvalue weighted by Gasteiger charge is -2.26. The van der Waals surface area contributed by atoms with Crippen LogP contribution in [0.4, 0.5) is 11.4 Å². The predicted molar refractivity (Wildman–Crippen MR) is 91.9 cm³/mol. The first kappa shape index (κ1) is 16.9. The molecular weight excluding hydrogens is 244 g/mol. The van der Waals surface area contributed by atoms with Crippen molar-refractivity contribution in [2.75, 3.05) is 10.6 Å². The van der Waals surface area contributed by atoms with Gasteiger partial charge in [-0.2, -0.15) is 0 Å². The van der Waals surface area contributed by atoms with Gasteiger partial charge in [0.05, 0.1) is 0 Å². The Bertz CT molecular complexity index is 418. The van der Waals surface area contributed by atoms with Gasteiger partial charge in [-0.05, 0) is 49.8 Å². The van der Waals surface area contributed by atoms with Crippen molar-refractivity contribution in [3.8, 4) is 0 Å². The van der Waals surface area contributed by atoms with Gasteiger partial charge >= 0.3 is 0 Å². The van der Waals surface area contributed by atoms with Crippen LogP contribution in [0.1, 0.15) is 66.9 Å². The average Bonchev–Trinajstić information content (AvgIpc) is 2.37. The summed E-state index contributed by atoms with van der Waals surface area (Å²) < 4.78 is 0. The summed E-state index contributed by atoms with van der Waals surface area (Å²) in [5, 5.41) is 7.22. The van der Waals surface area contributed by atoms with Crippen LogP contribution in [0.5, 0.6) is 0 Å². The Morgan fingerprint density at radius 2 is 1.50 bits per heavy atom. The monoisotopic (exact) mass is 276 g/mol. The lowest BCUT2D eigenvalue weighted by molar-refractivity contribution is 0.590. The fraction of sp³-hybridized carbons (Fsp3) is 0.667. The van der Waals surface area contributed by atoms with Crippen LogP contribution in [-0.2, 0) is 5.41 Å². The van der Waals surface area contributed by atoms with Gasteiger partial charge in [0.1, 0.15) is 0 Å². The molecule has 0 radical (unpaired) electrons. The second-order valence-electron chi connectivity index (χ2n) is 6.92. The zero-order chi connectivity index (χ0) is 15.3. The highest BCUT2D eigenvalue weighted by Gasteiger charge is 2.19. The molecule has 0 aliphatic rings. The molecule has 2 nitrogen and oxygen atoms in total. The molecule has 20 heavy (non-hydrogen) atoms. The molecule has 2 unspecified atom stereocenters. The molecule has 0 spiro atoms. The molecule has 0 heterocycles. The van der Waals surface area contributed by atoms with Crippen LogP contribution < -0.4 is 10.6 Å². The van der Waals surface area contributed by atoms with E-state index in [1.807, 2.05) is 0 Å². The van der Waals surface area contributed by atoms with Crippen LogP contribution in [0.3, 0.4) is 0 Å². The maximum Gasteiger partial charge on any atom is 0.0400 e. The Labute approximate surface area is 125 Å². The summed E-state index contributed by atoms with van der Waals surface area (Å²) in [6, 6.07) is 7.73. The SMILES string of the molecule is CCC(C)Nc1ccc(C(C)(C)C)c(NC(C)CC)c1. The Hall–Kier alpha value is -1.18. The van der Waals surface area contributed by atoms with Crippen LogP contribution in [0.2, 0.25) is 0 Å². The molecule has 0 aliphatic heterocycles. The van der Waals surface area contributed by atoms with E-state index < -0.39 is 0 Å². The summed E-state index contributed by atoms with van der Waals surface area (Å²) in [4.78, 5) is 0. The van der Waals surface area contributed by atoms with Crippen molar-refractivity contribution in [2.45, 2.75) is 78.8 Å². The fourth-order valence-electron chi connectivity index (χ4n) is 2.16. The normalized spacial score (nSPS) is 14.8. The van der Waals surface area contributed by atoms with Gasteiger partial charge in [-0.3, -0.25) is 0 Å². The second-order valence-corrected chi connectivity index (χ2v) is 6.92. The predicted octanol–water partition coefficient (Wildman–Crippen LogP) is 5.40. The number of hydrogen-bond donors (Lipinski definition) is 2. The highest BCUT2D eigenvalue weighted by molar-refractivity contribution is 5.63. The van der Waals surface area contributed by atoms with Gasteiger partial charge in [-0.25, -0.2) is 0 Å². The molecule has 2 N–H and O–H groups in total. The van der Waals surface area contributed by atoms with E-state index in [1.165, 1.54) is 16.9 Å². The van der Waals surface area contributed by atoms with E-state index >= 15 is 0 Å². The Balaban J connectivity index is 3.08. The fourth-order valence-corrected chi connectivity index (χ4v) is 2.16. The van der Waals surface area contributed by atoms with E-state index in [0.29, 0.717) is 12.1 Å². The summed E-state index contributed by atoms with van der Waals surface area (Å²) in [6.07, 6.45) is 2.27. The van der Waals surface area contributed by atoms with Gasteiger partial charge in [-0.15, -0.1) is 0 Å². The molecule has 0 fully saturated rings. The molecule has 1 rings (SSSR count). The van der Waals surface area contributed by atoms with Gasteiger partial charge in [0.15, 0.2) is 0 Å². The molecule has 0 saturated carbocycles. The quantitative estimate of drug-likeness (QED) is 0.726.